The smallest absolute Gasteiger partial charge is 0.255 e. The molecule has 28 heavy (non-hydrogen) atoms. The summed E-state index contributed by atoms with van der Waals surface area (Å²) >= 11 is 5.34. The van der Waals surface area contributed by atoms with E-state index in [4.69, 9.17) is 12.2 Å². The first-order valence-electron chi connectivity index (χ1n) is 9.20. The molecule has 3 N–H and O–H groups in total. The minimum atomic E-state index is -0.310. The van der Waals surface area contributed by atoms with Crippen molar-refractivity contribution < 1.29 is 4.79 Å². The minimum Gasteiger partial charge on any atom is -0.378 e. The number of thiocarbonyl (C=S) groups is 1. The van der Waals surface area contributed by atoms with Crippen molar-refractivity contribution in [1.29, 1.82) is 0 Å². The van der Waals surface area contributed by atoms with Gasteiger partial charge in [-0.1, -0.05) is 29.8 Å². The number of anilines is 2. The zero-order valence-corrected chi connectivity index (χ0v) is 17.7. The van der Waals surface area contributed by atoms with Gasteiger partial charge in [-0.25, -0.2) is 0 Å². The summed E-state index contributed by atoms with van der Waals surface area (Å²) in [6, 6.07) is 13.8. The Morgan fingerprint density at radius 1 is 1.07 bits per heavy atom. The Balaban J connectivity index is 1.93. The molecule has 2 aromatic carbocycles. The summed E-state index contributed by atoms with van der Waals surface area (Å²) in [6.45, 7) is 5.91. The molecule has 0 aromatic heterocycles. The van der Waals surface area contributed by atoms with Crippen molar-refractivity contribution in [3.8, 4) is 0 Å². The number of amides is 1. The van der Waals surface area contributed by atoms with Gasteiger partial charge in [-0.15, -0.1) is 0 Å². The molecule has 0 radical (unpaired) electrons. The van der Waals surface area contributed by atoms with E-state index in [9.17, 15) is 4.79 Å². The third-order valence-corrected chi connectivity index (χ3v) is 5.11. The molecule has 0 saturated heterocycles. The van der Waals surface area contributed by atoms with E-state index in [0.717, 1.165) is 33.8 Å². The highest BCUT2D eigenvalue weighted by atomic mass is 32.1. The van der Waals surface area contributed by atoms with E-state index in [1.165, 1.54) is 0 Å². The molecule has 6 heteroatoms. The van der Waals surface area contributed by atoms with Crippen molar-refractivity contribution in [1.82, 2.24) is 10.6 Å². The van der Waals surface area contributed by atoms with Crippen molar-refractivity contribution in [3.05, 3.63) is 70.4 Å². The molecular weight excluding hydrogens is 368 g/mol. The Morgan fingerprint density at radius 2 is 1.75 bits per heavy atom. The lowest BCUT2D eigenvalue weighted by Gasteiger charge is -2.30. The van der Waals surface area contributed by atoms with Gasteiger partial charge in [0.15, 0.2) is 5.11 Å². The van der Waals surface area contributed by atoms with Crippen LogP contribution in [0.1, 0.15) is 29.7 Å². The molecule has 0 aliphatic carbocycles. The first kappa shape index (κ1) is 19.9. The van der Waals surface area contributed by atoms with Crippen LogP contribution in [0.4, 0.5) is 11.4 Å². The predicted molar refractivity (Wildman–Crippen MR) is 120 cm³/mol. The van der Waals surface area contributed by atoms with Crippen LogP contribution in [0, 0.1) is 13.8 Å². The summed E-state index contributed by atoms with van der Waals surface area (Å²) in [5.74, 6) is -0.145. The molecule has 146 valence electrons. The van der Waals surface area contributed by atoms with Gasteiger partial charge in [-0.05, 0) is 62.3 Å². The molecule has 1 amide bonds. The van der Waals surface area contributed by atoms with Gasteiger partial charge in [-0.3, -0.25) is 4.79 Å². The van der Waals surface area contributed by atoms with E-state index < -0.39 is 0 Å². The molecule has 0 saturated carbocycles. The Labute approximate surface area is 171 Å². The largest absolute Gasteiger partial charge is 0.378 e. The van der Waals surface area contributed by atoms with Crippen molar-refractivity contribution in [2.45, 2.75) is 26.8 Å². The summed E-state index contributed by atoms with van der Waals surface area (Å²) < 4.78 is 0. The Hall–Kier alpha value is -2.86. The van der Waals surface area contributed by atoms with Gasteiger partial charge in [0, 0.05) is 31.2 Å². The van der Waals surface area contributed by atoms with E-state index >= 15 is 0 Å². The SMILES string of the molecule is CC1=C(C(=O)Nc2ccc(C)cc2C)[C@H](c2ccc(N(C)C)cc2)NC(=S)N1. The van der Waals surface area contributed by atoms with Gasteiger partial charge in [0.1, 0.15) is 0 Å². The number of carbonyl (C=O) groups excluding carboxylic acids is 1. The molecule has 1 aliphatic rings. The van der Waals surface area contributed by atoms with Crippen molar-refractivity contribution in [2.24, 2.45) is 0 Å². The lowest BCUT2D eigenvalue weighted by molar-refractivity contribution is -0.113. The van der Waals surface area contributed by atoms with Gasteiger partial charge in [0.25, 0.3) is 5.91 Å². The van der Waals surface area contributed by atoms with Gasteiger partial charge in [0.05, 0.1) is 11.6 Å². The average Bonchev–Trinajstić information content (AvgIpc) is 2.63. The Kier molecular flexibility index (Phi) is 5.70. The predicted octanol–water partition coefficient (Wildman–Crippen LogP) is 3.80. The number of carbonyl (C=O) groups is 1. The second-order valence-corrected chi connectivity index (χ2v) is 7.74. The van der Waals surface area contributed by atoms with Crippen LogP contribution >= 0.6 is 12.2 Å². The Morgan fingerprint density at radius 3 is 2.36 bits per heavy atom. The standard InChI is InChI=1S/C22H26N4OS/c1-13-6-11-18(14(2)12-13)24-21(27)19-15(3)23-22(28)25-20(19)16-7-9-17(10-8-16)26(4)5/h6-12,20H,1-5H3,(H,24,27)(H2,23,25,28)/t20-/m0/s1. The van der Waals surface area contributed by atoms with E-state index in [-0.39, 0.29) is 11.9 Å². The molecule has 0 unspecified atom stereocenters. The number of allylic oxidation sites excluding steroid dienone is 1. The number of nitrogens with one attached hydrogen (secondary N) is 3. The molecular formula is C22H26N4OS. The maximum absolute atomic E-state index is 13.2. The van der Waals surface area contributed by atoms with Crippen LogP contribution in [-0.4, -0.2) is 25.1 Å². The molecule has 1 heterocycles. The fraction of sp³-hybridized carbons (Fsp3) is 0.273. The fourth-order valence-electron chi connectivity index (χ4n) is 3.35. The molecule has 0 bridgehead atoms. The lowest BCUT2D eigenvalue weighted by Crippen LogP contribution is -2.45. The molecule has 0 spiro atoms. The van der Waals surface area contributed by atoms with Crippen molar-refractivity contribution in [2.75, 3.05) is 24.3 Å². The normalized spacial score (nSPS) is 16.3. The first-order valence-corrected chi connectivity index (χ1v) is 9.61. The van der Waals surface area contributed by atoms with Gasteiger partial charge < -0.3 is 20.9 Å². The topological polar surface area (TPSA) is 56.4 Å². The highest BCUT2D eigenvalue weighted by molar-refractivity contribution is 7.80. The minimum absolute atomic E-state index is 0.145. The number of hydrogen-bond donors (Lipinski definition) is 3. The summed E-state index contributed by atoms with van der Waals surface area (Å²) in [7, 11) is 4.00. The quantitative estimate of drug-likeness (QED) is 0.689. The summed E-state index contributed by atoms with van der Waals surface area (Å²) in [4.78, 5) is 15.2. The van der Waals surface area contributed by atoms with Crippen molar-refractivity contribution >= 4 is 34.6 Å². The monoisotopic (exact) mass is 394 g/mol. The first-order chi connectivity index (χ1) is 13.3. The zero-order valence-electron chi connectivity index (χ0n) is 16.9. The lowest BCUT2D eigenvalue weighted by atomic mass is 9.94. The highest BCUT2D eigenvalue weighted by Gasteiger charge is 2.30. The fourth-order valence-corrected chi connectivity index (χ4v) is 3.62. The van der Waals surface area contributed by atoms with Crippen LogP contribution in [0.2, 0.25) is 0 Å². The summed E-state index contributed by atoms with van der Waals surface area (Å²) in [5, 5.41) is 9.89. The molecule has 0 fully saturated rings. The van der Waals surface area contributed by atoms with E-state index in [1.807, 2.05) is 76.2 Å². The van der Waals surface area contributed by atoms with E-state index in [1.54, 1.807) is 0 Å². The van der Waals surface area contributed by atoms with Crippen LogP contribution in [-0.2, 0) is 4.79 Å². The number of rotatable bonds is 4. The van der Waals surface area contributed by atoms with E-state index in [2.05, 4.69) is 22.0 Å². The van der Waals surface area contributed by atoms with Crippen molar-refractivity contribution in [3.63, 3.8) is 0 Å². The number of benzene rings is 2. The molecule has 2 aromatic rings. The molecule has 5 nitrogen and oxygen atoms in total. The number of nitrogens with zero attached hydrogens (tertiary/aromatic N) is 1. The van der Waals surface area contributed by atoms with Crippen LogP contribution in [0.15, 0.2) is 53.7 Å². The average molecular weight is 395 g/mol. The molecule has 1 aliphatic heterocycles. The van der Waals surface area contributed by atoms with Gasteiger partial charge in [0.2, 0.25) is 0 Å². The maximum atomic E-state index is 13.2. The second kappa shape index (κ2) is 8.02. The van der Waals surface area contributed by atoms with Crippen LogP contribution in [0.3, 0.4) is 0 Å². The number of hydrogen-bond acceptors (Lipinski definition) is 3. The second-order valence-electron chi connectivity index (χ2n) is 7.33. The third kappa shape index (κ3) is 4.17. The zero-order chi connectivity index (χ0) is 20.4. The summed E-state index contributed by atoms with van der Waals surface area (Å²) in [5.41, 5.74) is 6.48. The van der Waals surface area contributed by atoms with Gasteiger partial charge >= 0.3 is 0 Å². The molecule has 1 atom stereocenters. The number of aryl methyl sites for hydroxylation is 2. The van der Waals surface area contributed by atoms with Gasteiger partial charge in [-0.2, -0.15) is 0 Å². The van der Waals surface area contributed by atoms with Crippen LogP contribution in [0.5, 0.6) is 0 Å². The summed E-state index contributed by atoms with van der Waals surface area (Å²) in [6.07, 6.45) is 0. The van der Waals surface area contributed by atoms with Crippen LogP contribution < -0.4 is 20.9 Å². The maximum Gasteiger partial charge on any atom is 0.255 e. The highest BCUT2D eigenvalue weighted by Crippen LogP contribution is 2.29. The third-order valence-electron chi connectivity index (χ3n) is 4.89. The van der Waals surface area contributed by atoms with Crippen LogP contribution in [0.25, 0.3) is 0 Å². The Bertz CT molecular complexity index is 948. The molecule has 3 rings (SSSR count). The van der Waals surface area contributed by atoms with E-state index in [0.29, 0.717) is 10.7 Å².